The molecule has 0 spiro atoms. The van der Waals surface area contributed by atoms with Crippen LogP contribution in [0.15, 0.2) is 30.5 Å². The van der Waals surface area contributed by atoms with Crippen molar-refractivity contribution in [3.05, 3.63) is 46.1 Å². The molecule has 0 bridgehead atoms. The van der Waals surface area contributed by atoms with Crippen molar-refractivity contribution in [1.82, 2.24) is 19.5 Å². The monoisotopic (exact) mass is 432 g/mol. The molecule has 0 aliphatic carbocycles. The van der Waals surface area contributed by atoms with E-state index < -0.39 is 0 Å². The zero-order valence-electron chi connectivity index (χ0n) is 16.0. The fourth-order valence-corrected chi connectivity index (χ4v) is 4.17. The minimum absolute atomic E-state index is 0.0213. The Hall–Kier alpha value is -2.19. The van der Waals surface area contributed by atoms with Gasteiger partial charge in [0, 0.05) is 39.8 Å². The number of benzene rings is 1. The molecule has 0 saturated carbocycles. The lowest BCUT2D eigenvalue weighted by Gasteiger charge is -2.27. The number of carbonyl (C=O) groups excluding carboxylic acids is 1. The van der Waals surface area contributed by atoms with Gasteiger partial charge in [-0.2, -0.15) is 0 Å². The Balaban J connectivity index is 1.69. The van der Waals surface area contributed by atoms with Crippen LogP contribution >= 0.6 is 23.2 Å². The summed E-state index contributed by atoms with van der Waals surface area (Å²) in [5, 5.41) is 12.4. The van der Waals surface area contributed by atoms with E-state index in [1.165, 1.54) is 0 Å². The molecule has 9 heteroatoms. The van der Waals surface area contributed by atoms with Gasteiger partial charge in [0.05, 0.1) is 0 Å². The van der Waals surface area contributed by atoms with Crippen LogP contribution in [0, 0.1) is 5.92 Å². The first-order valence-corrected chi connectivity index (χ1v) is 10.2. The molecule has 1 aliphatic heterocycles. The largest absolute Gasteiger partial charge is 0.326 e. The highest BCUT2D eigenvalue weighted by Crippen LogP contribution is 2.33. The molecule has 7 nitrogen and oxygen atoms in total. The van der Waals surface area contributed by atoms with Gasteiger partial charge in [-0.1, -0.05) is 29.3 Å². The van der Waals surface area contributed by atoms with Gasteiger partial charge in [0.2, 0.25) is 11.9 Å². The van der Waals surface area contributed by atoms with E-state index in [9.17, 15) is 4.79 Å². The summed E-state index contributed by atoms with van der Waals surface area (Å²) in [5.74, 6) is 0.340. The maximum atomic E-state index is 12.7. The molecular formula is C20H22Cl2N6O. The zero-order chi connectivity index (χ0) is 20.5. The standard InChI is InChI=1S/C20H22Cl2N6O/c1-27-6-4-12(5-7-27)19(29)24-20-26-25-18-8-13(10-23)16(11-28(18)20)15-3-2-14(21)9-17(15)22/h2-3,8-9,11-12H,4-7,10,23H2,1H3,(H,24,26,29). The van der Waals surface area contributed by atoms with E-state index in [0.717, 1.165) is 42.6 Å². The number of carbonyl (C=O) groups is 1. The number of hydrogen-bond donors (Lipinski definition) is 2. The Kier molecular flexibility index (Phi) is 5.74. The van der Waals surface area contributed by atoms with Gasteiger partial charge in [0.25, 0.3) is 0 Å². The normalized spacial score (nSPS) is 15.7. The quantitative estimate of drug-likeness (QED) is 0.658. The van der Waals surface area contributed by atoms with Gasteiger partial charge >= 0.3 is 0 Å². The van der Waals surface area contributed by atoms with Crippen LogP contribution in [0.1, 0.15) is 18.4 Å². The number of aromatic nitrogens is 3. The summed E-state index contributed by atoms with van der Waals surface area (Å²) in [5.41, 5.74) is 9.09. The molecular weight excluding hydrogens is 411 g/mol. The minimum atomic E-state index is -0.0265. The number of fused-ring (bicyclic) bond motifs is 1. The van der Waals surface area contributed by atoms with E-state index in [1.807, 2.05) is 18.3 Å². The van der Waals surface area contributed by atoms with E-state index in [0.29, 0.717) is 28.2 Å². The van der Waals surface area contributed by atoms with Crippen molar-refractivity contribution >= 4 is 40.7 Å². The van der Waals surface area contributed by atoms with Crippen LogP contribution in [0.2, 0.25) is 10.0 Å². The molecule has 1 aliphatic rings. The van der Waals surface area contributed by atoms with Crippen molar-refractivity contribution in [1.29, 1.82) is 0 Å². The van der Waals surface area contributed by atoms with Crippen molar-refractivity contribution in [3.63, 3.8) is 0 Å². The van der Waals surface area contributed by atoms with Gasteiger partial charge < -0.3 is 10.6 Å². The summed E-state index contributed by atoms with van der Waals surface area (Å²) in [6.45, 7) is 2.14. The number of nitrogens with zero attached hydrogens (tertiary/aromatic N) is 4. The number of nitrogens with one attached hydrogen (secondary N) is 1. The predicted octanol–water partition coefficient (Wildman–Crippen LogP) is 3.44. The van der Waals surface area contributed by atoms with Crippen LogP contribution in [-0.2, 0) is 11.3 Å². The highest BCUT2D eigenvalue weighted by Gasteiger charge is 2.25. The van der Waals surface area contributed by atoms with Crippen LogP contribution in [0.5, 0.6) is 0 Å². The first-order chi connectivity index (χ1) is 14.0. The molecule has 0 unspecified atom stereocenters. The second-order valence-corrected chi connectivity index (χ2v) is 8.20. The Bertz CT molecular complexity index is 1060. The number of pyridine rings is 1. The lowest BCUT2D eigenvalue weighted by molar-refractivity contribution is -0.121. The lowest BCUT2D eigenvalue weighted by Crippen LogP contribution is -2.36. The second kappa shape index (κ2) is 8.28. The second-order valence-electron chi connectivity index (χ2n) is 7.36. The first kappa shape index (κ1) is 20.1. The molecule has 1 amide bonds. The van der Waals surface area contributed by atoms with Gasteiger partial charge in [0.1, 0.15) is 0 Å². The maximum Gasteiger partial charge on any atom is 0.235 e. The van der Waals surface area contributed by atoms with Crippen LogP contribution in [0.25, 0.3) is 16.8 Å². The van der Waals surface area contributed by atoms with Crippen LogP contribution in [0.3, 0.4) is 0 Å². The van der Waals surface area contributed by atoms with Crippen molar-refractivity contribution in [2.45, 2.75) is 19.4 Å². The van der Waals surface area contributed by atoms with Crippen LogP contribution in [0.4, 0.5) is 5.95 Å². The highest BCUT2D eigenvalue weighted by molar-refractivity contribution is 6.36. The maximum absolute atomic E-state index is 12.7. The first-order valence-electron chi connectivity index (χ1n) is 9.49. The summed E-state index contributed by atoms with van der Waals surface area (Å²) in [6, 6.07) is 7.19. The number of nitrogens with two attached hydrogens (primary N) is 1. The smallest absolute Gasteiger partial charge is 0.235 e. The van der Waals surface area contributed by atoms with Crippen molar-refractivity contribution in [2.75, 3.05) is 25.5 Å². The molecule has 29 heavy (non-hydrogen) atoms. The third-order valence-corrected chi connectivity index (χ3v) is 5.94. The molecule has 1 saturated heterocycles. The Morgan fingerprint density at radius 3 is 2.66 bits per heavy atom. The number of likely N-dealkylation sites (tertiary alicyclic amines) is 1. The summed E-state index contributed by atoms with van der Waals surface area (Å²) in [6.07, 6.45) is 3.53. The summed E-state index contributed by atoms with van der Waals surface area (Å²) in [4.78, 5) is 14.9. The van der Waals surface area contributed by atoms with Gasteiger partial charge in [-0.05, 0) is 56.7 Å². The minimum Gasteiger partial charge on any atom is -0.326 e. The highest BCUT2D eigenvalue weighted by atomic mass is 35.5. The molecule has 152 valence electrons. The molecule has 3 aromatic rings. The van der Waals surface area contributed by atoms with Crippen LogP contribution < -0.4 is 11.1 Å². The molecule has 0 radical (unpaired) electrons. The molecule has 4 rings (SSSR count). The summed E-state index contributed by atoms with van der Waals surface area (Å²) in [7, 11) is 2.07. The van der Waals surface area contributed by atoms with Crippen LogP contribution in [-0.4, -0.2) is 45.5 Å². The molecule has 2 aromatic heterocycles. The third kappa shape index (κ3) is 4.09. The topological polar surface area (TPSA) is 88.5 Å². The fourth-order valence-electron chi connectivity index (χ4n) is 3.66. The van der Waals surface area contributed by atoms with Gasteiger partial charge in [-0.3, -0.25) is 14.5 Å². The van der Waals surface area contributed by atoms with E-state index in [-0.39, 0.29) is 11.8 Å². The number of hydrogen-bond acceptors (Lipinski definition) is 5. The van der Waals surface area contributed by atoms with Crippen molar-refractivity contribution in [3.8, 4) is 11.1 Å². The SMILES string of the molecule is CN1CCC(C(=O)Nc2nnc3cc(CN)c(-c4ccc(Cl)cc4Cl)cn23)CC1. The Morgan fingerprint density at radius 1 is 1.21 bits per heavy atom. The van der Waals surface area contributed by atoms with Gasteiger partial charge in [-0.25, -0.2) is 0 Å². The molecule has 0 atom stereocenters. The van der Waals surface area contributed by atoms with Gasteiger partial charge in [0.15, 0.2) is 5.65 Å². The Labute approximate surface area is 178 Å². The molecule has 1 fully saturated rings. The molecule has 3 N–H and O–H groups in total. The average Bonchev–Trinajstić information content (AvgIpc) is 3.09. The Morgan fingerprint density at radius 2 is 1.97 bits per heavy atom. The summed E-state index contributed by atoms with van der Waals surface area (Å²) >= 11 is 12.5. The number of anilines is 1. The average molecular weight is 433 g/mol. The third-order valence-electron chi connectivity index (χ3n) is 5.40. The van der Waals surface area contributed by atoms with E-state index >= 15 is 0 Å². The lowest BCUT2D eigenvalue weighted by atomic mass is 9.96. The number of halogens is 2. The van der Waals surface area contributed by atoms with E-state index in [1.54, 1.807) is 16.5 Å². The predicted molar refractivity (Wildman–Crippen MR) is 115 cm³/mol. The number of piperidine rings is 1. The molecule has 3 heterocycles. The van der Waals surface area contributed by atoms with Gasteiger partial charge in [-0.15, -0.1) is 10.2 Å². The number of rotatable bonds is 4. The van der Waals surface area contributed by atoms with Crippen molar-refractivity contribution < 1.29 is 4.79 Å². The zero-order valence-corrected chi connectivity index (χ0v) is 17.5. The fraction of sp³-hybridized carbons (Fsp3) is 0.350. The molecule has 1 aromatic carbocycles. The van der Waals surface area contributed by atoms with Crippen molar-refractivity contribution in [2.24, 2.45) is 11.7 Å². The summed E-state index contributed by atoms with van der Waals surface area (Å²) < 4.78 is 1.76. The van der Waals surface area contributed by atoms with E-state index in [2.05, 4.69) is 27.5 Å². The number of amides is 1. The van der Waals surface area contributed by atoms with E-state index in [4.69, 9.17) is 28.9 Å².